The van der Waals surface area contributed by atoms with Gasteiger partial charge in [0.25, 0.3) is 0 Å². The van der Waals surface area contributed by atoms with Gasteiger partial charge in [-0.2, -0.15) is 0 Å². The molecule has 0 heterocycles. The van der Waals surface area contributed by atoms with Crippen molar-refractivity contribution in [2.45, 2.75) is 45.3 Å². The summed E-state index contributed by atoms with van der Waals surface area (Å²) in [4.78, 5) is 0. The average Bonchev–Trinajstić information content (AvgIpc) is 1.99. The molecule has 2 nitrogen and oxygen atoms in total. The SMILES string of the molecule is CC(C)(N)Cc1ccccc1C(C)(C)O. The van der Waals surface area contributed by atoms with Crippen LogP contribution in [0.1, 0.15) is 38.8 Å². The number of rotatable bonds is 3. The van der Waals surface area contributed by atoms with E-state index in [0.717, 1.165) is 17.5 Å². The molecule has 3 N–H and O–H groups in total. The summed E-state index contributed by atoms with van der Waals surface area (Å²) in [5, 5.41) is 10.0. The lowest BCUT2D eigenvalue weighted by atomic mass is 9.87. The molecular formula is C13H21NO. The second-order valence-electron chi connectivity index (χ2n) is 5.38. The van der Waals surface area contributed by atoms with Crippen LogP contribution >= 0.6 is 0 Å². The van der Waals surface area contributed by atoms with E-state index in [2.05, 4.69) is 0 Å². The van der Waals surface area contributed by atoms with Crippen LogP contribution in [0.4, 0.5) is 0 Å². The minimum absolute atomic E-state index is 0.249. The van der Waals surface area contributed by atoms with E-state index in [9.17, 15) is 5.11 Å². The van der Waals surface area contributed by atoms with E-state index in [-0.39, 0.29) is 5.54 Å². The van der Waals surface area contributed by atoms with Gasteiger partial charge in [0, 0.05) is 5.54 Å². The topological polar surface area (TPSA) is 46.2 Å². The molecule has 1 aromatic rings. The summed E-state index contributed by atoms with van der Waals surface area (Å²) in [6.07, 6.45) is 0.771. The van der Waals surface area contributed by atoms with E-state index in [1.807, 2.05) is 38.1 Å². The van der Waals surface area contributed by atoms with Gasteiger partial charge in [-0.25, -0.2) is 0 Å². The summed E-state index contributed by atoms with van der Waals surface area (Å²) in [7, 11) is 0. The first-order chi connectivity index (χ1) is 6.70. The second kappa shape index (κ2) is 3.95. The van der Waals surface area contributed by atoms with Gasteiger partial charge >= 0.3 is 0 Å². The number of nitrogens with two attached hydrogens (primary N) is 1. The molecular weight excluding hydrogens is 186 g/mol. The Kier molecular flexibility index (Phi) is 3.22. The van der Waals surface area contributed by atoms with E-state index in [4.69, 9.17) is 5.73 Å². The molecule has 84 valence electrons. The fourth-order valence-corrected chi connectivity index (χ4v) is 1.76. The van der Waals surface area contributed by atoms with Crippen LogP contribution < -0.4 is 5.73 Å². The zero-order valence-corrected chi connectivity index (χ0v) is 10.0. The van der Waals surface area contributed by atoms with Crippen LogP contribution in [0.3, 0.4) is 0 Å². The largest absolute Gasteiger partial charge is 0.386 e. The molecule has 15 heavy (non-hydrogen) atoms. The third-order valence-electron chi connectivity index (χ3n) is 2.32. The molecule has 0 atom stereocenters. The van der Waals surface area contributed by atoms with Gasteiger partial charge in [0.2, 0.25) is 0 Å². The van der Waals surface area contributed by atoms with Crippen molar-refractivity contribution in [3.63, 3.8) is 0 Å². The molecule has 0 unspecified atom stereocenters. The highest BCUT2D eigenvalue weighted by atomic mass is 16.3. The van der Waals surface area contributed by atoms with Crippen LogP contribution in [0, 0.1) is 0 Å². The van der Waals surface area contributed by atoms with Crippen LogP contribution in [-0.2, 0) is 12.0 Å². The highest BCUT2D eigenvalue weighted by molar-refractivity contribution is 5.32. The van der Waals surface area contributed by atoms with Crippen LogP contribution in [0.2, 0.25) is 0 Å². The summed E-state index contributed by atoms with van der Waals surface area (Å²) >= 11 is 0. The lowest BCUT2D eigenvalue weighted by Gasteiger charge is -2.25. The number of hydrogen-bond donors (Lipinski definition) is 2. The Morgan fingerprint density at radius 2 is 1.67 bits per heavy atom. The maximum absolute atomic E-state index is 10.0. The first kappa shape index (κ1) is 12.2. The van der Waals surface area contributed by atoms with Crippen molar-refractivity contribution in [2.75, 3.05) is 0 Å². The van der Waals surface area contributed by atoms with Crippen molar-refractivity contribution in [1.29, 1.82) is 0 Å². The van der Waals surface area contributed by atoms with Crippen molar-refractivity contribution in [2.24, 2.45) is 5.73 Å². The molecule has 0 aliphatic heterocycles. The van der Waals surface area contributed by atoms with Gasteiger partial charge in [-0.3, -0.25) is 0 Å². The maximum Gasteiger partial charge on any atom is 0.0843 e. The first-order valence-corrected chi connectivity index (χ1v) is 5.30. The van der Waals surface area contributed by atoms with Gasteiger partial charge in [-0.05, 0) is 45.2 Å². The smallest absolute Gasteiger partial charge is 0.0843 e. The maximum atomic E-state index is 10.0. The van der Waals surface area contributed by atoms with Crippen LogP contribution in [0.5, 0.6) is 0 Å². The van der Waals surface area contributed by atoms with E-state index in [1.54, 1.807) is 13.8 Å². The van der Waals surface area contributed by atoms with Crippen molar-refractivity contribution in [1.82, 2.24) is 0 Å². The summed E-state index contributed by atoms with van der Waals surface area (Å²) < 4.78 is 0. The Bertz CT molecular complexity index is 331. The zero-order valence-electron chi connectivity index (χ0n) is 10.0. The standard InChI is InChI=1S/C13H21NO/c1-12(2,14)9-10-7-5-6-8-11(10)13(3,4)15/h5-8,15H,9,14H2,1-4H3. The predicted octanol–water partition coefficient (Wildman–Crippen LogP) is 2.19. The molecule has 0 saturated heterocycles. The van der Waals surface area contributed by atoms with E-state index in [0.29, 0.717) is 0 Å². The monoisotopic (exact) mass is 207 g/mol. The van der Waals surface area contributed by atoms with Gasteiger partial charge in [0.1, 0.15) is 0 Å². The van der Waals surface area contributed by atoms with Crippen LogP contribution in [-0.4, -0.2) is 10.6 Å². The number of hydrogen-bond acceptors (Lipinski definition) is 2. The Hall–Kier alpha value is -0.860. The predicted molar refractivity (Wildman–Crippen MR) is 63.7 cm³/mol. The fourth-order valence-electron chi connectivity index (χ4n) is 1.76. The molecule has 0 aliphatic rings. The van der Waals surface area contributed by atoms with Gasteiger partial charge in [-0.1, -0.05) is 24.3 Å². The molecule has 2 heteroatoms. The second-order valence-corrected chi connectivity index (χ2v) is 5.38. The van der Waals surface area contributed by atoms with E-state index >= 15 is 0 Å². The van der Waals surface area contributed by atoms with Gasteiger partial charge in [-0.15, -0.1) is 0 Å². The van der Waals surface area contributed by atoms with Crippen LogP contribution in [0.15, 0.2) is 24.3 Å². The lowest BCUT2D eigenvalue weighted by molar-refractivity contribution is 0.0774. The summed E-state index contributed by atoms with van der Waals surface area (Å²) in [5.41, 5.74) is 7.03. The molecule has 0 spiro atoms. The summed E-state index contributed by atoms with van der Waals surface area (Å²) in [6.45, 7) is 7.59. The Morgan fingerprint density at radius 1 is 1.13 bits per heavy atom. The zero-order chi connectivity index (χ0) is 11.7. The highest BCUT2D eigenvalue weighted by Gasteiger charge is 2.22. The third kappa shape index (κ3) is 3.65. The molecule has 0 aromatic heterocycles. The molecule has 1 aromatic carbocycles. The Balaban J connectivity index is 3.08. The summed E-state index contributed by atoms with van der Waals surface area (Å²) in [5.74, 6) is 0. The summed E-state index contributed by atoms with van der Waals surface area (Å²) in [6, 6.07) is 7.92. The van der Waals surface area contributed by atoms with E-state index < -0.39 is 5.60 Å². The molecule has 0 fully saturated rings. The van der Waals surface area contributed by atoms with Crippen molar-refractivity contribution in [3.8, 4) is 0 Å². The minimum Gasteiger partial charge on any atom is -0.386 e. The van der Waals surface area contributed by atoms with Gasteiger partial charge in [0.05, 0.1) is 5.60 Å². The molecule has 0 radical (unpaired) electrons. The normalized spacial score (nSPS) is 12.9. The highest BCUT2D eigenvalue weighted by Crippen LogP contribution is 2.25. The Morgan fingerprint density at radius 3 is 2.13 bits per heavy atom. The van der Waals surface area contributed by atoms with E-state index in [1.165, 1.54) is 0 Å². The van der Waals surface area contributed by atoms with Crippen molar-refractivity contribution in [3.05, 3.63) is 35.4 Å². The van der Waals surface area contributed by atoms with Crippen molar-refractivity contribution < 1.29 is 5.11 Å². The molecule has 0 amide bonds. The van der Waals surface area contributed by atoms with Gasteiger partial charge in [0.15, 0.2) is 0 Å². The molecule has 0 saturated carbocycles. The molecule has 0 bridgehead atoms. The molecule has 0 aliphatic carbocycles. The van der Waals surface area contributed by atoms with Crippen molar-refractivity contribution >= 4 is 0 Å². The van der Waals surface area contributed by atoms with Gasteiger partial charge < -0.3 is 10.8 Å². The third-order valence-corrected chi connectivity index (χ3v) is 2.32. The number of benzene rings is 1. The Labute approximate surface area is 92.1 Å². The minimum atomic E-state index is -0.804. The quantitative estimate of drug-likeness (QED) is 0.798. The van der Waals surface area contributed by atoms with Crippen LogP contribution in [0.25, 0.3) is 0 Å². The first-order valence-electron chi connectivity index (χ1n) is 5.30. The number of aliphatic hydroxyl groups is 1. The average molecular weight is 207 g/mol. The lowest BCUT2D eigenvalue weighted by Crippen LogP contribution is -2.35. The fraction of sp³-hybridized carbons (Fsp3) is 0.538. The molecule has 1 rings (SSSR count).